The third-order valence-corrected chi connectivity index (χ3v) is 7.31. The fourth-order valence-corrected chi connectivity index (χ4v) is 5.14. The van der Waals surface area contributed by atoms with Gasteiger partial charge in [-0.15, -0.1) is 0 Å². The van der Waals surface area contributed by atoms with Crippen LogP contribution < -0.4 is 14.8 Å². The summed E-state index contributed by atoms with van der Waals surface area (Å²) in [5, 5.41) is 3.41. The number of carbonyl (C=O) groups excluding carboxylic acids is 1. The Bertz CT molecular complexity index is 1260. The number of hydrogen-bond acceptors (Lipinski definition) is 5. The maximum absolute atomic E-state index is 12.5. The van der Waals surface area contributed by atoms with E-state index in [1.165, 1.54) is 17.3 Å². The summed E-state index contributed by atoms with van der Waals surface area (Å²) in [4.78, 5) is 17.7. The minimum Gasteiger partial charge on any atom is -0.493 e. The number of nitrogens with one attached hydrogen (secondary N) is 1. The number of methoxy groups -OCH3 is 1. The average Bonchev–Trinajstić information content (AvgIpc) is 3.17. The van der Waals surface area contributed by atoms with Crippen molar-refractivity contribution in [3.05, 3.63) is 90.3 Å². The highest BCUT2D eigenvalue weighted by Crippen LogP contribution is 2.36. The van der Waals surface area contributed by atoms with Crippen molar-refractivity contribution in [3.8, 4) is 11.5 Å². The van der Waals surface area contributed by atoms with E-state index in [1.54, 1.807) is 7.11 Å². The number of benzene rings is 3. The average molecular weight is 649 g/mol. The number of carbonyl (C=O) groups is 1. The molecule has 0 spiro atoms. The topological polar surface area (TPSA) is 59.9 Å². The molecule has 0 atom stereocenters. The van der Waals surface area contributed by atoms with Crippen molar-refractivity contribution in [2.24, 2.45) is 4.99 Å². The molecule has 1 saturated heterocycles. The molecule has 34 heavy (non-hydrogen) atoms. The van der Waals surface area contributed by atoms with E-state index >= 15 is 0 Å². The first-order valence-electron chi connectivity index (χ1n) is 10.6. The summed E-state index contributed by atoms with van der Waals surface area (Å²) in [5.41, 5.74) is 3.97. The highest BCUT2D eigenvalue weighted by Gasteiger charge is 2.24. The number of halogens is 2. The molecule has 5 nitrogen and oxygen atoms in total. The third-order valence-electron chi connectivity index (χ3n) is 5.07. The van der Waals surface area contributed by atoms with Gasteiger partial charge in [0.1, 0.15) is 6.61 Å². The zero-order valence-electron chi connectivity index (χ0n) is 18.6. The van der Waals surface area contributed by atoms with Crippen molar-refractivity contribution in [1.29, 1.82) is 0 Å². The Balaban J connectivity index is 1.51. The second kappa shape index (κ2) is 11.4. The van der Waals surface area contributed by atoms with Gasteiger partial charge in [0.05, 0.1) is 21.3 Å². The Morgan fingerprint density at radius 2 is 1.79 bits per heavy atom. The zero-order chi connectivity index (χ0) is 24.1. The van der Waals surface area contributed by atoms with Gasteiger partial charge < -0.3 is 14.8 Å². The van der Waals surface area contributed by atoms with Crippen LogP contribution >= 0.6 is 50.3 Å². The molecule has 1 heterocycles. The van der Waals surface area contributed by atoms with Crippen molar-refractivity contribution in [3.63, 3.8) is 0 Å². The van der Waals surface area contributed by atoms with Crippen molar-refractivity contribution in [2.75, 3.05) is 7.11 Å². The van der Waals surface area contributed by atoms with Gasteiger partial charge in [-0.25, -0.2) is 4.99 Å². The number of aryl methyl sites for hydroxylation is 1. The Kier molecular flexibility index (Phi) is 8.33. The molecule has 4 rings (SSSR count). The highest BCUT2D eigenvalue weighted by molar-refractivity contribution is 14.1. The lowest BCUT2D eigenvalue weighted by molar-refractivity contribution is -0.115. The standard InChI is InChI=1S/C26H22BrIN2O3S/c1-3-16-6-10-20(11-7-16)29-26-30-25(31)23(34-26)14-18-12-21(28)24(22(13-18)32-2)33-15-17-4-8-19(27)9-5-17/h4-14H,3,15H2,1-2H3,(H,29,30,31)/b23-14-. The van der Waals surface area contributed by atoms with Gasteiger partial charge in [-0.3, -0.25) is 4.79 Å². The molecule has 0 aromatic heterocycles. The molecule has 1 aliphatic rings. The Morgan fingerprint density at radius 3 is 2.47 bits per heavy atom. The number of ether oxygens (including phenoxy) is 2. The summed E-state index contributed by atoms with van der Waals surface area (Å²) in [6, 6.07) is 19.8. The molecule has 1 fully saturated rings. The fraction of sp³-hybridized carbons (Fsp3) is 0.154. The Morgan fingerprint density at radius 1 is 1.09 bits per heavy atom. The van der Waals surface area contributed by atoms with Gasteiger partial charge in [-0.2, -0.15) is 0 Å². The van der Waals surface area contributed by atoms with Crippen LogP contribution in [-0.4, -0.2) is 18.2 Å². The molecule has 1 N–H and O–H groups in total. The predicted molar refractivity (Wildman–Crippen MR) is 151 cm³/mol. The lowest BCUT2D eigenvalue weighted by Gasteiger charge is -2.14. The summed E-state index contributed by atoms with van der Waals surface area (Å²) >= 11 is 6.99. The van der Waals surface area contributed by atoms with E-state index in [-0.39, 0.29) is 5.91 Å². The smallest absolute Gasteiger partial charge is 0.264 e. The number of aliphatic imine (C=N–C) groups is 1. The van der Waals surface area contributed by atoms with E-state index in [2.05, 4.69) is 55.8 Å². The fourth-order valence-electron chi connectivity index (χ4n) is 3.25. The molecule has 8 heteroatoms. The zero-order valence-corrected chi connectivity index (χ0v) is 23.2. The van der Waals surface area contributed by atoms with E-state index in [0.717, 1.165) is 31.3 Å². The highest BCUT2D eigenvalue weighted by atomic mass is 127. The van der Waals surface area contributed by atoms with Gasteiger partial charge in [0.25, 0.3) is 5.91 Å². The predicted octanol–water partition coefficient (Wildman–Crippen LogP) is 7.10. The van der Waals surface area contributed by atoms with Crippen LogP contribution in [0.1, 0.15) is 23.6 Å². The summed E-state index contributed by atoms with van der Waals surface area (Å²) in [5.74, 6) is 1.12. The summed E-state index contributed by atoms with van der Waals surface area (Å²) < 4.78 is 13.6. The molecule has 3 aromatic carbocycles. The minimum absolute atomic E-state index is 0.168. The van der Waals surface area contributed by atoms with Crippen LogP contribution in [0.5, 0.6) is 11.5 Å². The van der Waals surface area contributed by atoms with E-state index in [0.29, 0.717) is 28.2 Å². The molecular weight excluding hydrogens is 627 g/mol. The first-order chi connectivity index (χ1) is 16.4. The molecule has 0 unspecified atom stereocenters. The maximum Gasteiger partial charge on any atom is 0.264 e. The lowest BCUT2D eigenvalue weighted by Crippen LogP contribution is -2.19. The first kappa shape index (κ1) is 24.8. The first-order valence-corrected chi connectivity index (χ1v) is 13.3. The second-order valence-corrected chi connectivity index (χ2v) is 10.6. The van der Waals surface area contributed by atoms with Crippen LogP contribution in [0.2, 0.25) is 0 Å². The normalized spacial score (nSPS) is 15.6. The van der Waals surface area contributed by atoms with Crippen molar-refractivity contribution in [1.82, 2.24) is 5.32 Å². The molecule has 1 amide bonds. The van der Waals surface area contributed by atoms with Gasteiger partial charge in [0, 0.05) is 4.47 Å². The number of hydrogen-bond donors (Lipinski definition) is 1. The van der Waals surface area contributed by atoms with E-state index < -0.39 is 0 Å². The van der Waals surface area contributed by atoms with Crippen LogP contribution in [0, 0.1) is 3.57 Å². The van der Waals surface area contributed by atoms with Gasteiger partial charge in [-0.05, 0) is 99.9 Å². The van der Waals surface area contributed by atoms with Gasteiger partial charge >= 0.3 is 0 Å². The molecule has 1 aliphatic heterocycles. The molecule has 0 radical (unpaired) electrons. The lowest BCUT2D eigenvalue weighted by atomic mass is 10.1. The molecule has 174 valence electrons. The minimum atomic E-state index is -0.168. The van der Waals surface area contributed by atoms with E-state index in [4.69, 9.17) is 9.47 Å². The maximum atomic E-state index is 12.5. The van der Waals surface area contributed by atoms with Crippen molar-refractivity contribution >= 4 is 73.1 Å². The van der Waals surface area contributed by atoms with Gasteiger partial charge in [0.2, 0.25) is 0 Å². The van der Waals surface area contributed by atoms with Crippen molar-refractivity contribution < 1.29 is 14.3 Å². The quantitative estimate of drug-likeness (QED) is 0.219. The summed E-state index contributed by atoms with van der Waals surface area (Å²) in [7, 11) is 1.61. The number of rotatable bonds is 7. The SMILES string of the molecule is CCc1ccc(N=C2NC(=O)/C(=C/c3cc(I)c(OCc4ccc(Br)cc4)c(OC)c3)S2)cc1. The molecule has 3 aromatic rings. The molecular formula is C26H22BrIN2O3S. The van der Waals surface area contributed by atoms with Crippen LogP contribution in [0.4, 0.5) is 5.69 Å². The van der Waals surface area contributed by atoms with Crippen molar-refractivity contribution in [2.45, 2.75) is 20.0 Å². The van der Waals surface area contributed by atoms with Gasteiger partial charge in [-0.1, -0.05) is 47.1 Å². The van der Waals surface area contributed by atoms with Crippen LogP contribution in [0.15, 0.2) is 75.0 Å². The van der Waals surface area contributed by atoms with E-state index in [9.17, 15) is 4.79 Å². The molecule has 0 saturated carbocycles. The molecule has 0 bridgehead atoms. The van der Waals surface area contributed by atoms with Crippen LogP contribution in [0.25, 0.3) is 6.08 Å². The third kappa shape index (κ3) is 6.22. The number of thioether (sulfide) groups is 1. The largest absolute Gasteiger partial charge is 0.493 e. The second-order valence-electron chi connectivity index (χ2n) is 7.45. The Labute approximate surface area is 225 Å². The number of amides is 1. The molecule has 0 aliphatic carbocycles. The van der Waals surface area contributed by atoms with Crippen LogP contribution in [-0.2, 0) is 17.8 Å². The van der Waals surface area contributed by atoms with Crippen LogP contribution in [0.3, 0.4) is 0 Å². The summed E-state index contributed by atoms with van der Waals surface area (Å²) in [6.07, 6.45) is 2.82. The Hall–Kier alpha value is -2.30. The van der Waals surface area contributed by atoms with E-state index in [1.807, 2.05) is 66.7 Å². The van der Waals surface area contributed by atoms with Gasteiger partial charge in [0.15, 0.2) is 16.7 Å². The number of nitrogens with zero attached hydrogens (tertiary/aromatic N) is 1. The monoisotopic (exact) mass is 648 g/mol. The summed E-state index contributed by atoms with van der Waals surface area (Å²) in [6.45, 7) is 2.54. The number of amidine groups is 1.